The second-order valence-corrected chi connectivity index (χ2v) is 8.13. The number of oxazole rings is 1. The lowest BCUT2D eigenvalue weighted by Gasteiger charge is -2.26. The highest BCUT2D eigenvalue weighted by Gasteiger charge is 2.20. The van der Waals surface area contributed by atoms with Gasteiger partial charge in [-0.2, -0.15) is 0 Å². The fourth-order valence-corrected chi connectivity index (χ4v) is 3.99. The van der Waals surface area contributed by atoms with Gasteiger partial charge in [-0.25, -0.2) is 4.98 Å². The van der Waals surface area contributed by atoms with Gasteiger partial charge >= 0.3 is 5.97 Å². The van der Waals surface area contributed by atoms with E-state index in [0.717, 1.165) is 10.2 Å². The molecule has 32 heavy (non-hydrogen) atoms. The molecule has 0 bridgehead atoms. The van der Waals surface area contributed by atoms with Crippen LogP contribution in [0.15, 0.2) is 39.2 Å². The smallest absolute Gasteiger partial charge is 0.310 e. The van der Waals surface area contributed by atoms with Crippen LogP contribution < -0.4 is 9.64 Å². The number of para-hydroxylation sites is 1. The van der Waals surface area contributed by atoms with Gasteiger partial charge in [0.05, 0.1) is 24.8 Å². The Labute approximate surface area is 195 Å². The van der Waals surface area contributed by atoms with E-state index in [9.17, 15) is 9.90 Å². The summed E-state index contributed by atoms with van der Waals surface area (Å²) in [6.07, 6.45) is -0.735. The quantitative estimate of drug-likeness (QED) is 0.323. The molecule has 3 aromatic rings. The molecule has 1 atom stereocenters. The summed E-state index contributed by atoms with van der Waals surface area (Å²) < 4.78 is 22.3. The minimum atomic E-state index is -0.810. The number of hydrogen-bond acceptors (Lipinski definition) is 8. The van der Waals surface area contributed by atoms with Crippen LogP contribution in [0.1, 0.15) is 30.0 Å². The van der Waals surface area contributed by atoms with E-state index in [1.165, 1.54) is 7.11 Å². The van der Waals surface area contributed by atoms with Crippen molar-refractivity contribution in [2.45, 2.75) is 26.4 Å². The molecule has 0 spiro atoms. The number of rotatable bonds is 10. The number of hydrogen-bond donors (Lipinski definition) is 1. The van der Waals surface area contributed by atoms with E-state index in [2.05, 4.69) is 20.9 Å². The van der Waals surface area contributed by atoms with Crippen molar-refractivity contribution >= 4 is 38.7 Å². The van der Waals surface area contributed by atoms with Gasteiger partial charge in [0.25, 0.3) is 0 Å². The van der Waals surface area contributed by atoms with Crippen LogP contribution in [0, 0.1) is 6.92 Å². The molecule has 2 aromatic carbocycles. The summed E-state index contributed by atoms with van der Waals surface area (Å²) in [7, 11) is 3.37. The lowest BCUT2D eigenvalue weighted by Crippen LogP contribution is -2.25. The van der Waals surface area contributed by atoms with Gasteiger partial charge in [-0.3, -0.25) is 4.79 Å². The molecule has 0 aliphatic heterocycles. The molecule has 8 nitrogen and oxygen atoms in total. The Bertz CT molecular complexity index is 1080. The molecular weight excluding hydrogens is 480 g/mol. The normalized spacial score (nSPS) is 12.1. The van der Waals surface area contributed by atoms with Crippen molar-refractivity contribution in [2.24, 2.45) is 0 Å². The first-order chi connectivity index (χ1) is 15.3. The highest BCUT2D eigenvalue weighted by Crippen LogP contribution is 2.34. The molecule has 0 aliphatic carbocycles. The number of esters is 1. The van der Waals surface area contributed by atoms with E-state index in [0.29, 0.717) is 40.5 Å². The Morgan fingerprint density at radius 1 is 1.34 bits per heavy atom. The second kappa shape index (κ2) is 10.8. The molecule has 1 aromatic heterocycles. The average molecular weight is 507 g/mol. The lowest BCUT2D eigenvalue weighted by molar-refractivity contribution is -0.142. The average Bonchev–Trinajstić information content (AvgIpc) is 3.13. The SMILES string of the molecule is CCOC(=O)Cc1cccc(N(C)CC(O)c2cc(Br)c3nc(C)oc3c2)c1OCOC. The third-order valence-corrected chi connectivity index (χ3v) is 5.46. The van der Waals surface area contributed by atoms with Crippen LogP contribution in [0.5, 0.6) is 5.75 Å². The van der Waals surface area contributed by atoms with E-state index in [4.69, 9.17) is 18.6 Å². The Morgan fingerprint density at radius 3 is 2.84 bits per heavy atom. The maximum atomic E-state index is 12.0. The van der Waals surface area contributed by atoms with E-state index in [1.807, 2.05) is 36.2 Å². The topological polar surface area (TPSA) is 94.3 Å². The van der Waals surface area contributed by atoms with E-state index in [-0.39, 0.29) is 25.7 Å². The number of methoxy groups -OCH3 is 1. The Hall–Kier alpha value is -2.62. The van der Waals surface area contributed by atoms with Crippen molar-refractivity contribution in [3.05, 3.63) is 51.8 Å². The number of aryl methyl sites for hydroxylation is 1. The van der Waals surface area contributed by atoms with Gasteiger partial charge in [0.2, 0.25) is 0 Å². The first kappa shape index (κ1) is 24.0. The van der Waals surface area contributed by atoms with Crippen LogP contribution in [0.3, 0.4) is 0 Å². The van der Waals surface area contributed by atoms with E-state index in [1.54, 1.807) is 19.9 Å². The number of ether oxygens (including phenoxy) is 3. The number of likely N-dealkylation sites (N-methyl/N-ethyl adjacent to an activating group) is 1. The van der Waals surface area contributed by atoms with Crippen molar-refractivity contribution in [3.8, 4) is 5.75 Å². The number of benzene rings is 2. The van der Waals surface area contributed by atoms with Gasteiger partial charge in [0, 0.05) is 37.7 Å². The van der Waals surface area contributed by atoms with E-state index >= 15 is 0 Å². The zero-order chi connectivity index (χ0) is 23.3. The minimum absolute atomic E-state index is 0.0255. The number of carbonyl (C=O) groups excluding carboxylic acids is 1. The fourth-order valence-electron chi connectivity index (χ4n) is 3.44. The summed E-state index contributed by atoms with van der Waals surface area (Å²) >= 11 is 3.50. The third-order valence-electron chi connectivity index (χ3n) is 4.86. The largest absolute Gasteiger partial charge is 0.466 e. The van der Waals surface area contributed by atoms with Crippen molar-refractivity contribution < 1.29 is 28.5 Å². The van der Waals surface area contributed by atoms with Crippen molar-refractivity contribution in [2.75, 3.05) is 39.0 Å². The van der Waals surface area contributed by atoms with Gasteiger partial charge in [-0.05, 0) is 46.6 Å². The molecule has 1 heterocycles. The number of fused-ring (bicyclic) bond motifs is 1. The highest BCUT2D eigenvalue weighted by molar-refractivity contribution is 9.10. The molecule has 0 amide bonds. The Kier molecular flexibility index (Phi) is 8.11. The summed E-state index contributed by atoms with van der Waals surface area (Å²) in [5, 5.41) is 10.9. The molecule has 172 valence electrons. The van der Waals surface area contributed by atoms with Crippen LogP contribution in [0.25, 0.3) is 11.1 Å². The summed E-state index contributed by atoms with van der Waals surface area (Å²) in [6, 6.07) is 9.14. The predicted molar refractivity (Wildman–Crippen MR) is 124 cm³/mol. The number of aliphatic hydroxyl groups excluding tert-OH is 1. The van der Waals surface area contributed by atoms with Gasteiger partial charge in [0.1, 0.15) is 11.3 Å². The van der Waals surface area contributed by atoms with Crippen LogP contribution >= 0.6 is 15.9 Å². The maximum absolute atomic E-state index is 12.0. The predicted octanol–water partition coefficient (Wildman–Crippen LogP) is 4.16. The monoisotopic (exact) mass is 506 g/mol. The Balaban J connectivity index is 1.85. The van der Waals surface area contributed by atoms with Gasteiger partial charge in [-0.1, -0.05) is 12.1 Å². The van der Waals surface area contributed by atoms with Crippen molar-refractivity contribution in [3.63, 3.8) is 0 Å². The number of anilines is 1. The standard InChI is InChI=1S/C23H27BrN2O6/c1-5-30-21(28)11-15-7-6-8-18(23(15)31-13-29-4)26(3)12-19(27)16-9-17(24)22-20(10-16)32-14(2)25-22/h6-10,19,27H,5,11-13H2,1-4H3. The first-order valence-electron chi connectivity index (χ1n) is 10.2. The lowest BCUT2D eigenvalue weighted by atomic mass is 10.1. The molecule has 1 N–H and O–H groups in total. The Morgan fingerprint density at radius 2 is 2.12 bits per heavy atom. The first-order valence-corrected chi connectivity index (χ1v) is 11.0. The summed E-state index contributed by atoms with van der Waals surface area (Å²) in [5.74, 6) is 0.734. The highest BCUT2D eigenvalue weighted by atomic mass is 79.9. The third kappa shape index (κ3) is 5.59. The van der Waals surface area contributed by atoms with E-state index < -0.39 is 6.10 Å². The zero-order valence-electron chi connectivity index (χ0n) is 18.6. The number of nitrogens with zero attached hydrogens (tertiary/aromatic N) is 2. The second-order valence-electron chi connectivity index (χ2n) is 7.28. The molecular formula is C23H27BrN2O6. The number of halogens is 1. The molecule has 0 fully saturated rings. The maximum Gasteiger partial charge on any atom is 0.310 e. The van der Waals surface area contributed by atoms with Gasteiger partial charge in [-0.15, -0.1) is 0 Å². The zero-order valence-corrected chi connectivity index (χ0v) is 20.1. The molecule has 0 saturated heterocycles. The van der Waals surface area contributed by atoms with Crippen molar-refractivity contribution in [1.29, 1.82) is 0 Å². The number of carbonyl (C=O) groups is 1. The van der Waals surface area contributed by atoms with Crippen LogP contribution in [0.2, 0.25) is 0 Å². The molecule has 3 rings (SSSR count). The number of aromatic nitrogens is 1. The fraction of sp³-hybridized carbons (Fsp3) is 0.391. The molecule has 0 saturated carbocycles. The van der Waals surface area contributed by atoms with Gasteiger partial charge in [0.15, 0.2) is 18.3 Å². The van der Waals surface area contributed by atoms with Gasteiger partial charge < -0.3 is 28.6 Å². The molecule has 0 radical (unpaired) electrons. The molecule has 9 heteroatoms. The molecule has 0 aliphatic rings. The van der Waals surface area contributed by atoms with Crippen LogP contribution in [-0.4, -0.2) is 50.2 Å². The summed E-state index contributed by atoms with van der Waals surface area (Å²) in [4.78, 5) is 18.2. The van der Waals surface area contributed by atoms with Crippen LogP contribution in [-0.2, 0) is 20.7 Å². The van der Waals surface area contributed by atoms with Crippen LogP contribution in [0.4, 0.5) is 5.69 Å². The minimum Gasteiger partial charge on any atom is -0.466 e. The summed E-state index contributed by atoms with van der Waals surface area (Å²) in [6.45, 7) is 4.15. The van der Waals surface area contributed by atoms with Crippen molar-refractivity contribution in [1.82, 2.24) is 4.98 Å². The molecule has 1 unspecified atom stereocenters. The summed E-state index contributed by atoms with van der Waals surface area (Å²) in [5.41, 5.74) is 3.41. The number of aliphatic hydroxyl groups is 1.